The second kappa shape index (κ2) is 7.89. The third-order valence-electron chi connectivity index (χ3n) is 3.14. The van der Waals surface area contributed by atoms with E-state index in [9.17, 15) is 4.79 Å². The van der Waals surface area contributed by atoms with Gasteiger partial charge in [0.05, 0.1) is 0 Å². The number of amides is 1. The lowest BCUT2D eigenvalue weighted by molar-refractivity contribution is -0.116. The lowest BCUT2D eigenvalue weighted by Gasteiger charge is -2.09. The number of nitrogens with zero attached hydrogens (tertiary/aromatic N) is 2. The summed E-state index contributed by atoms with van der Waals surface area (Å²) in [5.74, 6) is 1.08. The quantitative estimate of drug-likeness (QED) is 0.797. The minimum atomic E-state index is -0.0272. The number of hydrogen-bond acceptors (Lipinski definition) is 4. The van der Waals surface area contributed by atoms with E-state index in [1.54, 1.807) is 12.1 Å². The summed E-state index contributed by atoms with van der Waals surface area (Å²) in [5.41, 5.74) is 2.07. The molecule has 2 aromatic rings. The molecule has 1 aromatic carbocycles. The lowest BCUT2D eigenvalue weighted by atomic mass is 10.2. The molecule has 1 aromatic heterocycles. The first-order valence-electron chi connectivity index (χ1n) is 7.25. The van der Waals surface area contributed by atoms with Crippen LogP contribution in [0.5, 0.6) is 0 Å². The number of carbonyl (C=O) groups excluding carboxylic acids is 1. The number of nitrogens with one attached hydrogen (secondary N) is 2. The minimum Gasteiger partial charge on any atom is -0.339 e. The van der Waals surface area contributed by atoms with Crippen molar-refractivity contribution in [2.24, 2.45) is 0 Å². The molecule has 116 valence electrons. The molecule has 22 heavy (non-hydrogen) atoms. The molecule has 2 N–H and O–H groups in total. The van der Waals surface area contributed by atoms with E-state index in [2.05, 4.69) is 43.7 Å². The van der Waals surface area contributed by atoms with Crippen LogP contribution in [0.2, 0.25) is 0 Å². The molecule has 0 saturated carbocycles. The topological polar surface area (TPSA) is 66.9 Å². The van der Waals surface area contributed by atoms with Crippen LogP contribution in [-0.4, -0.2) is 16.1 Å². The van der Waals surface area contributed by atoms with Crippen LogP contribution in [0.1, 0.15) is 31.7 Å². The van der Waals surface area contributed by atoms with Crippen LogP contribution in [0.3, 0.4) is 0 Å². The van der Waals surface area contributed by atoms with Gasteiger partial charge in [-0.15, -0.1) is 10.2 Å². The van der Waals surface area contributed by atoms with Crippen LogP contribution >= 0.6 is 15.9 Å². The van der Waals surface area contributed by atoms with Crippen LogP contribution in [0.25, 0.3) is 0 Å². The number of halogens is 1. The molecule has 0 spiro atoms. The normalized spacial score (nSPS) is 10.3. The SMILES string of the molecule is CCCCC(=O)Nc1ccc(Nc2ccc(Br)cc2C)nn1. The Bertz CT molecular complexity index is 643. The molecule has 0 aliphatic heterocycles. The maximum Gasteiger partial charge on any atom is 0.225 e. The van der Waals surface area contributed by atoms with E-state index in [1.165, 1.54) is 0 Å². The maximum absolute atomic E-state index is 11.6. The van der Waals surface area contributed by atoms with E-state index in [1.807, 2.05) is 25.1 Å². The predicted octanol–water partition coefficient (Wildman–Crippen LogP) is 4.42. The van der Waals surface area contributed by atoms with Gasteiger partial charge in [0.2, 0.25) is 5.91 Å². The van der Waals surface area contributed by atoms with Gasteiger partial charge in [0.1, 0.15) is 0 Å². The van der Waals surface area contributed by atoms with E-state index >= 15 is 0 Å². The molecule has 0 unspecified atom stereocenters. The molecule has 0 aliphatic rings. The molecule has 5 nitrogen and oxygen atoms in total. The lowest BCUT2D eigenvalue weighted by Crippen LogP contribution is -2.12. The molecule has 1 heterocycles. The second-order valence-electron chi connectivity index (χ2n) is 5.04. The Labute approximate surface area is 138 Å². The third kappa shape index (κ3) is 4.80. The van der Waals surface area contributed by atoms with Crippen molar-refractivity contribution in [3.63, 3.8) is 0 Å². The number of carbonyl (C=O) groups is 1. The monoisotopic (exact) mass is 362 g/mol. The van der Waals surface area contributed by atoms with Crippen molar-refractivity contribution in [3.05, 3.63) is 40.4 Å². The molecule has 0 aliphatic carbocycles. The summed E-state index contributed by atoms with van der Waals surface area (Å²) in [6, 6.07) is 9.50. The Balaban J connectivity index is 1.98. The maximum atomic E-state index is 11.6. The van der Waals surface area contributed by atoms with E-state index in [0.717, 1.165) is 28.6 Å². The van der Waals surface area contributed by atoms with Gasteiger partial charge in [-0.25, -0.2) is 0 Å². The minimum absolute atomic E-state index is 0.0272. The van der Waals surface area contributed by atoms with Crippen LogP contribution in [0.4, 0.5) is 17.3 Å². The Kier molecular flexibility index (Phi) is 5.89. The average molecular weight is 363 g/mol. The standard InChI is InChI=1S/C16H19BrN4O/c1-3-4-5-16(22)19-15-9-8-14(20-21-15)18-13-7-6-12(17)10-11(13)2/h6-10H,3-5H2,1-2H3,(H,18,20)(H,19,21,22). The van der Waals surface area contributed by atoms with Crippen molar-refractivity contribution in [2.45, 2.75) is 33.1 Å². The fourth-order valence-electron chi connectivity index (χ4n) is 1.91. The van der Waals surface area contributed by atoms with E-state index < -0.39 is 0 Å². The van der Waals surface area contributed by atoms with Crippen molar-refractivity contribution in [1.82, 2.24) is 10.2 Å². The van der Waals surface area contributed by atoms with Crippen molar-refractivity contribution >= 4 is 39.2 Å². The summed E-state index contributed by atoms with van der Waals surface area (Å²) in [4.78, 5) is 11.6. The summed E-state index contributed by atoms with van der Waals surface area (Å²) in [5, 5.41) is 14.0. The first-order chi connectivity index (χ1) is 10.6. The molecule has 0 bridgehead atoms. The second-order valence-corrected chi connectivity index (χ2v) is 5.96. The first-order valence-corrected chi connectivity index (χ1v) is 8.04. The molecular formula is C16H19BrN4O. The van der Waals surface area contributed by atoms with Gasteiger partial charge in [0.15, 0.2) is 11.6 Å². The summed E-state index contributed by atoms with van der Waals surface area (Å²) in [6.07, 6.45) is 2.38. The molecule has 0 fully saturated rings. The number of unbranched alkanes of at least 4 members (excludes halogenated alkanes) is 1. The predicted molar refractivity (Wildman–Crippen MR) is 92.3 cm³/mol. The van der Waals surface area contributed by atoms with Crippen LogP contribution in [0, 0.1) is 6.92 Å². The number of aromatic nitrogens is 2. The summed E-state index contributed by atoms with van der Waals surface area (Å²) in [6.45, 7) is 4.07. The Morgan fingerprint density at radius 2 is 1.91 bits per heavy atom. The molecule has 1 amide bonds. The van der Waals surface area contributed by atoms with Gasteiger partial charge in [-0.3, -0.25) is 4.79 Å². The molecule has 0 radical (unpaired) electrons. The summed E-state index contributed by atoms with van der Waals surface area (Å²) < 4.78 is 1.03. The van der Waals surface area contributed by atoms with Gasteiger partial charge in [-0.1, -0.05) is 29.3 Å². The molecular weight excluding hydrogens is 344 g/mol. The Hall–Kier alpha value is -1.95. The molecule has 6 heteroatoms. The van der Waals surface area contributed by atoms with Gasteiger partial charge in [0, 0.05) is 16.6 Å². The number of rotatable bonds is 6. The van der Waals surface area contributed by atoms with Gasteiger partial charge in [-0.05, 0) is 49.2 Å². The summed E-state index contributed by atoms with van der Waals surface area (Å²) in [7, 11) is 0. The van der Waals surface area contributed by atoms with E-state index in [4.69, 9.17) is 0 Å². The fourth-order valence-corrected chi connectivity index (χ4v) is 2.39. The van der Waals surface area contributed by atoms with Crippen molar-refractivity contribution in [2.75, 3.05) is 10.6 Å². The summed E-state index contributed by atoms with van der Waals surface area (Å²) >= 11 is 3.44. The number of anilines is 3. The Morgan fingerprint density at radius 3 is 2.55 bits per heavy atom. The highest BCUT2D eigenvalue weighted by molar-refractivity contribution is 9.10. The average Bonchev–Trinajstić information content (AvgIpc) is 2.50. The van der Waals surface area contributed by atoms with Crippen molar-refractivity contribution < 1.29 is 4.79 Å². The van der Waals surface area contributed by atoms with Crippen molar-refractivity contribution in [3.8, 4) is 0 Å². The highest BCUT2D eigenvalue weighted by Crippen LogP contribution is 2.22. The fraction of sp³-hybridized carbons (Fsp3) is 0.312. The molecule has 2 rings (SSSR count). The van der Waals surface area contributed by atoms with Gasteiger partial charge in [-0.2, -0.15) is 0 Å². The largest absolute Gasteiger partial charge is 0.339 e. The number of aryl methyl sites for hydroxylation is 1. The highest BCUT2D eigenvalue weighted by atomic mass is 79.9. The van der Waals surface area contributed by atoms with Crippen LogP contribution < -0.4 is 10.6 Å². The van der Waals surface area contributed by atoms with Gasteiger partial charge >= 0.3 is 0 Å². The zero-order valence-electron chi connectivity index (χ0n) is 12.7. The van der Waals surface area contributed by atoms with Gasteiger partial charge in [0.25, 0.3) is 0 Å². The first kappa shape index (κ1) is 16.4. The molecule has 0 atom stereocenters. The van der Waals surface area contributed by atoms with E-state index in [0.29, 0.717) is 18.1 Å². The van der Waals surface area contributed by atoms with Gasteiger partial charge < -0.3 is 10.6 Å². The highest BCUT2D eigenvalue weighted by Gasteiger charge is 2.05. The zero-order valence-corrected chi connectivity index (χ0v) is 14.3. The van der Waals surface area contributed by atoms with E-state index in [-0.39, 0.29) is 5.91 Å². The van der Waals surface area contributed by atoms with Crippen LogP contribution in [0.15, 0.2) is 34.8 Å². The van der Waals surface area contributed by atoms with Crippen LogP contribution in [-0.2, 0) is 4.79 Å². The smallest absolute Gasteiger partial charge is 0.225 e. The Morgan fingerprint density at radius 1 is 1.18 bits per heavy atom. The third-order valence-corrected chi connectivity index (χ3v) is 3.63. The zero-order chi connectivity index (χ0) is 15.9. The molecule has 0 saturated heterocycles. The number of benzene rings is 1. The van der Waals surface area contributed by atoms with Crippen molar-refractivity contribution in [1.29, 1.82) is 0 Å². The number of hydrogen-bond donors (Lipinski definition) is 2.